The highest BCUT2D eigenvalue weighted by molar-refractivity contribution is 5.85. The van der Waals surface area contributed by atoms with E-state index in [0.29, 0.717) is 12.1 Å². The van der Waals surface area contributed by atoms with Gasteiger partial charge in [0.15, 0.2) is 11.5 Å². The van der Waals surface area contributed by atoms with E-state index in [2.05, 4.69) is 0 Å². The van der Waals surface area contributed by atoms with Crippen LogP contribution < -0.4 is 15.2 Å². The predicted molar refractivity (Wildman–Crippen MR) is 64.4 cm³/mol. The molecule has 2 N–H and O–H groups in total. The van der Waals surface area contributed by atoms with Crippen molar-refractivity contribution in [3.8, 4) is 11.5 Å². The Hall–Kier alpha value is -1.88. The van der Waals surface area contributed by atoms with Gasteiger partial charge in [-0.2, -0.15) is 22.0 Å². The Bertz CT molecular complexity index is 595. The molecule has 124 valence electrons. The Morgan fingerprint density at radius 3 is 2.14 bits per heavy atom. The Balaban J connectivity index is 0.00000242. The van der Waals surface area contributed by atoms with Crippen LogP contribution in [-0.2, 0) is 0 Å². The number of fused-ring (bicyclic) bond motifs is 1. The summed E-state index contributed by atoms with van der Waals surface area (Å²) in [6, 6.07) is -1.60. The van der Waals surface area contributed by atoms with E-state index >= 15 is 0 Å². The maximum Gasteiger partial charge on any atom is 0.455 e. The smallest absolute Gasteiger partial charge is 0.454 e. The molecule has 0 saturated carbocycles. The second-order valence-electron chi connectivity index (χ2n) is 4.12. The van der Waals surface area contributed by atoms with Crippen LogP contribution >= 0.6 is 12.4 Å². The monoisotopic (exact) mass is 350 g/mol. The fourth-order valence-electron chi connectivity index (χ4n) is 1.73. The summed E-state index contributed by atoms with van der Waals surface area (Å²) in [5, 5.41) is 10.8. The Morgan fingerprint density at radius 1 is 1.18 bits per heavy atom. The summed E-state index contributed by atoms with van der Waals surface area (Å²) >= 11 is 0. The van der Waals surface area contributed by atoms with Crippen molar-refractivity contribution < 1.29 is 36.3 Å². The summed E-state index contributed by atoms with van der Waals surface area (Å²) in [5.41, 5.74) is 2.92. The van der Waals surface area contributed by atoms with Gasteiger partial charge in [0.25, 0.3) is 5.69 Å². The maximum atomic E-state index is 13.3. The third-order valence-electron chi connectivity index (χ3n) is 2.82. The lowest BCUT2D eigenvalue weighted by atomic mass is 9.98. The van der Waals surface area contributed by atoms with E-state index in [9.17, 15) is 32.1 Å². The van der Waals surface area contributed by atoms with Crippen LogP contribution in [0.2, 0.25) is 0 Å². The minimum absolute atomic E-state index is 0. The first-order chi connectivity index (χ1) is 9.55. The largest absolute Gasteiger partial charge is 0.455 e. The molecule has 1 aliphatic rings. The van der Waals surface area contributed by atoms with Crippen LogP contribution in [0.3, 0.4) is 0 Å². The van der Waals surface area contributed by atoms with Crippen LogP contribution in [0.4, 0.5) is 27.6 Å². The number of ether oxygens (including phenoxy) is 2. The van der Waals surface area contributed by atoms with Crippen LogP contribution in [-0.4, -0.2) is 23.8 Å². The second-order valence-corrected chi connectivity index (χ2v) is 4.12. The van der Waals surface area contributed by atoms with Crippen LogP contribution in [0.25, 0.3) is 0 Å². The molecule has 22 heavy (non-hydrogen) atoms. The van der Waals surface area contributed by atoms with E-state index in [1.54, 1.807) is 0 Å². The summed E-state index contributed by atoms with van der Waals surface area (Å²) in [6.07, 6.45) is -5.95. The van der Waals surface area contributed by atoms with Crippen molar-refractivity contribution in [2.75, 3.05) is 6.79 Å². The van der Waals surface area contributed by atoms with Crippen molar-refractivity contribution in [1.29, 1.82) is 0 Å². The first kappa shape index (κ1) is 18.2. The van der Waals surface area contributed by atoms with Gasteiger partial charge in [0.05, 0.1) is 16.6 Å². The maximum absolute atomic E-state index is 13.3. The van der Waals surface area contributed by atoms with E-state index in [-0.39, 0.29) is 30.7 Å². The molecule has 2 rings (SSSR count). The number of rotatable bonds is 3. The quantitative estimate of drug-likeness (QED) is 0.514. The molecule has 1 aromatic carbocycles. The van der Waals surface area contributed by atoms with Crippen molar-refractivity contribution in [2.24, 2.45) is 5.73 Å². The summed E-state index contributed by atoms with van der Waals surface area (Å²) in [5.74, 6) is -5.66. The summed E-state index contributed by atoms with van der Waals surface area (Å²) in [4.78, 5) is 9.71. The van der Waals surface area contributed by atoms with E-state index < -0.39 is 34.3 Å². The minimum atomic E-state index is -5.95. The zero-order valence-electron chi connectivity index (χ0n) is 10.4. The fourth-order valence-corrected chi connectivity index (χ4v) is 1.73. The standard InChI is InChI=1S/C10H7F5N2O4.ClH/c11-9(12,10(13,14)15)8(16)4-1-6-7(21-3-20-6)2-5(4)17(18)19;/h1-2,8H,3,16H2;1H/t8-;/m1./s1. The van der Waals surface area contributed by atoms with E-state index in [0.717, 1.165) is 0 Å². The van der Waals surface area contributed by atoms with Gasteiger partial charge in [0, 0.05) is 0 Å². The summed E-state index contributed by atoms with van der Waals surface area (Å²) in [6.45, 7) is -0.332. The van der Waals surface area contributed by atoms with Crippen LogP contribution in [0.1, 0.15) is 11.6 Å². The van der Waals surface area contributed by atoms with Crippen molar-refractivity contribution >= 4 is 18.1 Å². The van der Waals surface area contributed by atoms with Crippen LogP contribution in [0, 0.1) is 10.1 Å². The molecule has 12 heteroatoms. The third-order valence-corrected chi connectivity index (χ3v) is 2.82. The highest BCUT2D eigenvalue weighted by Crippen LogP contribution is 2.48. The zero-order valence-corrected chi connectivity index (χ0v) is 11.2. The summed E-state index contributed by atoms with van der Waals surface area (Å²) in [7, 11) is 0. The molecule has 0 aromatic heterocycles. The molecule has 0 bridgehead atoms. The molecule has 0 aliphatic carbocycles. The summed E-state index contributed by atoms with van der Waals surface area (Å²) < 4.78 is 73.1. The number of nitrogens with zero attached hydrogens (tertiary/aromatic N) is 1. The van der Waals surface area contributed by atoms with Crippen LogP contribution in [0.5, 0.6) is 11.5 Å². The van der Waals surface area contributed by atoms with Gasteiger partial charge in [-0.1, -0.05) is 0 Å². The normalized spacial score (nSPS) is 15.2. The average Bonchev–Trinajstić information content (AvgIpc) is 2.81. The third kappa shape index (κ3) is 2.86. The number of benzene rings is 1. The number of nitro groups is 1. The van der Waals surface area contributed by atoms with E-state index in [1.165, 1.54) is 0 Å². The molecule has 1 heterocycles. The van der Waals surface area contributed by atoms with E-state index in [1.807, 2.05) is 0 Å². The number of hydrogen-bond acceptors (Lipinski definition) is 5. The van der Waals surface area contributed by atoms with Gasteiger partial charge in [0.2, 0.25) is 6.79 Å². The topological polar surface area (TPSA) is 87.6 Å². The van der Waals surface area contributed by atoms with Gasteiger partial charge in [0.1, 0.15) is 6.04 Å². The number of alkyl halides is 5. The first-order valence-electron chi connectivity index (χ1n) is 5.33. The van der Waals surface area contributed by atoms with Gasteiger partial charge in [-0.05, 0) is 6.07 Å². The molecule has 0 radical (unpaired) electrons. The predicted octanol–water partition coefficient (Wildman–Crippen LogP) is 2.94. The van der Waals surface area contributed by atoms with Gasteiger partial charge in [-0.15, -0.1) is 12.4 Å². The molecule has 0 unspecified atom stereocenters. The Labute approximate surface area is 125 Å². The van der Waals surface area contributed by atoms with Crippen molar-refractivity contribution in [3.05, 3.63) is 27.8 Å². The van der Waals surface area contributed by atoms with Gasteiger partial charge in [-0.25, -0.2) is 0 Å². The fraction of sp³-hybridized carbons (Fsp3) is 0.400. The lowest BCUT2D eigenvalue weighted by Crippen LogP contribution is -2.46. The van der Waals surface area contributed by atoms with Crippen LogP contribution in [0.15, 0.2) is 12.1 Å². The number of hydrogen-bond donors (Lipinski definition) is 1. The molecular formula is C10H8ClF5N2O4. The average molecular weight is 351 g/mol. The highest BCUT2D eigenvalue weighted by Gasteiger charge is 2.62. The van der Waals surface area contributed by atoms with Gasteiger partial charge < -0.3 is 15.2 Å². The van der Waals surface area contributed by atoms with Crippen molar-refractivity contribution in [3.63, 3.8) is 0 Å². The lowest BCUT2D eigenvalue weighted by molar-refractivity contribution is -0.386. The SMILES string of the molecule is Cl.N[C@H](c1cc2c(cc1[N+](=O)[O-])OCO2)C(F)(F)C(F)(F)F. The Kier molecular flexibility index (Phi) is 4.73. The molecule has 1 atom stereocenters. The second kappa shape index (κ2) is 5.72. The molecule has 0 saturated heterocycles. The molecule has 0 amide bonds. The molecule has 0 fully saturated rings. The zero-order chi connectivity index (χ0) is 16.0. The van der Waals surface area contributed by atoms with Gasteiger partial charge in [-0.3, -0.25) is 10.1 Å². The van der Waals surface area contributed by atoms with Crippen molar-refractivity contribution in [1.82, 2.24) is 0 Å². The highest BCUT2D eigenvalue weighted by atomic mass is 35.5. The molecule has 6 nitrogen and oxygen atoms in total. The Morgan fingerprint density at radius 2 is 1.68 bits per heavy atom. The van der Waals surface area contributed by atoms with Crippen molar-refractivity contribution in [2.45, 2.75) is 18.1 Å². The molecule has 0 spiro atoms. The molecule has 1 aromatic rings. The first-order valence-corrected chi connectivity index (χ1v) is 5.33. The molecule has 1 aliphatic heterocycles. The lowest BCUT2D eigenvalue weighted by Gasteiger charge is -2.25. The number of nitrogens with two attached hydrogens (primary N) is 1. The minimum Gasteiger partial charge on any atom is -0.454 e. The van der Waals surface area contributed by atoms with Gasteiger partial charge >= 0.3 is 12.1 Å². The molecular weight excluding hydrogens is 343 g/mol. The van der Waals surface area contributed by atoms with E-state index in [4.69, 9.17) is 15.2 Å². The number of halogens is 6. The number of nitro benzene ring substituents is 1.